The first kappa shape index (κ1) is 14.0. The summed E-state index contributed by atoms with van der Waals surface area (Å²) in [5.74, 6) is -0.120. The molecule has 2 heterocycles. The Hall–Kier alpha value is -1.94. The Kier molecular flexibility index (Phi) is 3.64. The van der Waals surface area contributed by atoms with Crippen LogP contribution in [0.15, 0.2) is 36.9 Å². The third kappa shape index (κ3) is 2.63. The zero-order valence-corrected chi connectivity index (χ0v) is 12.1. The van der Waals surface area contributed by atoms with Crippen LogP contribution in [0.3, 0.4) is 0 Å². The number of esters is 1. The van der Waals surface area contributed by atoms with Gasteiger partial charge in [-0.05, 0) is 12.6 Å². The van der Waals surface area contributed by atoms with E-state index in [9.17, 15) is 9.59 Å². The smallest absolute Gasteiger partial charge is 0.338 e. The lowest BCUT2D eigenvalue weighted by atomic mass is 10.00. The first-order valence-electron chi connectivity index (χ1n) is 7.26. The van der Waals surface area contributed by atoms with Crippen molar-refractivity contribution in [2.24, 2.45) is 0 Å². The van der Waals surface area contributed by atoms with E-state index in [-0.39, 0.29) is 29.9 Å². The van der Waals surface area contributed by atoms with Gasteiger partial charge in [-0.25, -0.2) is 4.79 Å². The molecule has 2 fully saturated rings. The fourth-order valence-corrected chi connectivity index (χ4v) is 3.27. The molecule has 2 saturated heterocycles. The summed E-state index contributed by atoms with van der Waals surface area (Å²) < 4.78 is 5.57. The van der Waals surface area contributed by atoms with Gasteiger partial charge in [0.25, 0.3) is 0 Å². The van der Waals surface area contributed by atoms with E-state index in [1.165, 1.54) is 0 Å². The summed E-state index contributed by atoms with van der Waals surface area (Å²) in [6, 6.07) is 9.41. The van der Waals surface area contributed by atoms with E-state index < -0.39 is 0 Å². The van der Waals surface area contributed by atoms with Gasteiger partial charge in [0, 0.05) is 25.3 Å². The number of hydrogen-bond acceptors (Lipinski definition) is 4. The van der Waals surface area contributed by atoms with Crippen LogP contribution in [0.4, 0.5) is 0 Å². The van der Waals surface area contributed by atoms with Crippen molar-refractivity contribution in [1.82, 2.24) is 4.90 Å². The molecule has 0 aliphatic carbocycles. The Balaban J connectivity index is 1.64. The monoisotopic (exact) mass is 285 g/mol. The van der Waals surface area contributed by atoms with Crippen molar-refractivity contribution in [2.45, 2.75) is 37.5 Å². The largest absolute Gasteiger partial charge is 0.459 e. The Morgan fingerprint density at radius 3 is 2.67 bits per heavy atom. The van der Waals surface area contributed by atoms with Gasteiger partial charge < -0.3 is 4.74 Å². The van der Waals surface area contributed by atoms with Crippen LogP contribution in [-0.4, -0.2) is 41.9 Å². The zero-order valence-electron chi connectivity index (χ0n) is 12.1. The number of likely N-dealkylation sites (N-methyl/N-ethyl adjacent to an activating group) is 1. The Morgan fingerprint density at radius 1 is 1.29 bits per heavy atom. The van der Waals surface area contributed by atoms with Gasteiger partial charge in [-0.1, -0.05) is 36.9 Å². The minimum absolute atomic E-state index is 0.0912. The van der Waals surface area contributed by atoms with Crippen LogP contribution in [0.5, 0.6) is 0 Å². The van der Waals surface area contributed by atoms with E-state index in [1.54, 1.807) is 0 Å². The highest BCUT2D eigenvalue weighted by molar-refractivity contribution is 6.15. The standard InChI is InChI=1S/C17H19NO3/c1-11(12-6-4-3-5-7-12)17(20)21-14-8-13-9-16(19)15(10-14)18(13)2/h3-7,13-15H,1,8-10H2,2H3. The summed E-state index contributed by atoms with van der Waals surface area (Å²) in [4.78, 5) is 26.2. The molecule has 1 aromatic rings. The molecule has 0 saturated carbocycles. The third-order valence-electron chi connectivity index (χ3n) is 4.54. The van der Waals surface area contributed by atoms with Crippen molar-refractivity contribution in [3.8, 4) is 0 Å². The van der Waals surface area contributed by atoms with Gasteiger partial charge in [-0.2, -0.15) is 0 Å². The predicted octanol–water partition coefficient (Wildman–Crippen LogP) is 2.05. The maximum Gasteiger partial charge on any atom is 0.338 e. The van der Waals surface area contributed by atoms with Crippen LogP contribution in [-0.2, 0) is 14.3 Å². The van der Waals surface area contributed by atoms with Gasteiger partial charge in [0.1, 0.15) is 6.10 Å². The number of fused-ring (bicyclic) bond motifs is 2. The number of Topliss-reactive ketones (excluding diaryl/α,β-unsaturated/α-hetero) is 1. The van der Waals surface area contributed by atoms with E-state index >= 15 is 0 Å². The van der Waals surface area contributed by atoms with Crippen LogP contribution >= 0.6 is 0 Å². The third-order valence-corrected chi connectivity index (χ3v) is 4.54. The number of carbonyl (C=O) groups excluding carboxylic acids is 2. The van der Waals surface area contributed by atoms with Gasteiger partial charge in [-0.3, -0.25) is 9.69 Å². The van der Waals surface area contributed by atoms with Crippen LogP contribution in [0.1, 0.15) is 24.8 Å². The van der Waals surface area contributed by atoms with Crippen LogP contribution < -0.4 is 0 Å². The molecule has 110 valence electrons. The summed E-state index contributed by atoms with van der Waals surface area (Å²) in [6.07, 6.45) is 1.72. The second kappa shape index (κ2) is 5.45. The van der Waals surface area contributed by atoms with Crippen LogP contribution in [0.2, 0.25) is 0 Å². The molecule has 1 aromatic carbocycles. The molecule has 4 nitrogen and oxygen atoms in total. The summed E-state index contributed by atoms with van der Waals surface area (Å²) in [7, 11) is 1.97. The number of piperidine rings is 1. The topological polar surface area (TPSA) is 46.6 Å². The molecule has 3 rings (SSSR count). The number of ketones is 1. The highest BCUT2D eigenvalue weighted by Crippen LogP contribution is 2.34. The summed E-state index contributed by atoms with van der Waals surface area (Å²) in [6.45, 7) is 3.82. The fraction of sp³-hybridized carbons (Fsp3) is 0.412. The molecule has 0 radical (unpaired) electrons. The normalized spacial score (nSPS) is 28.4. The lowest BCUT2D eigenvalue weighted by molar-refractivity contribution is -0.145. The van der Waals surface area contributed by atoms with Gasteiger partial charge in [0.15, 0.2) is 5.78 Å². The average Bonchev–Trinajstić information content (AvgIpc) is 2.65. The molecule has 0 N–H and O–H groups in total. The minimum Gasteiger partial charge on any atom is -0.459 e. The second-order valence-electron chi connectivity index (χ2n) is 5.85. The molecule has 2 aliphatic heterocycles. The van der Waals surface area contributed by atoms with Crippen molar-refractivity contribution in [2.75, 3.05) is 7.05 Å². The quantitative estimate of drug-likeness (QED) is 0.630. The fourth-order valence-electron chi connectivity index (χ4n) is 3.27. The second-order valence-corrected chi connectivity index (χ2v) is 5.85. The molecular weight excluding hydrogens is 266 g/mol. The first-order valence-corrected chi connectivity index (χ1v) is 7.26. The Morgan fingerprint density at radius 2 is 2.00 bits per heavy atom. The number of rotatable bonds is 3. The van der Waals surface area contributed by atoms with E-state index in [1.807, 2.05) is 37.4 Å². The molecule has 0 aromatic heterocycles. The maximum absolute atomic E-state index is 12.2. The maximum atomic E-state index is 12.2. The molecule has 0 amide bonds. The van der Waals surface area contributed by atoms with Gasteiger partial charge in [0.2, 0.25) is 0 Å². The van der Waals surface area contributed by atoms with Gasteiger partial charge >= 0.3 is 5.97 Å². The van der Waals surface area contributed by atoms with Crippen molar-refractivity contribution in [3.05, 3.63) is 42.5 Å². The SMILES string of the molecule is C=C(C(=O)OC1CC2CC(=O)C(C1)N2C)c1ccccc1. The van der Waals surface area contributed by atoms with E-state index in [2.05, 4.69) is 11.5 Å². The molecule has 2 bridgehead atoms. The van der Waals surface area contributed by atoms with Crippen molar-refractivity contribution >= 4 is 17.3 Å². The van der Waals surface area contributed by atoms with Crippen molar-refractivity contribution in [3.63, 3.8) is 0 Å². The highest BCUT2D eigenvalue weighted by Gasteiger charge is 2.45. The lowest BCUT2D eigenvalue weighted by Crippen LogP contribution is -2.44. The Bertz CT molecular complexity index is 581. The predicted molar refractivity (Wildman–Crippen MR) is 79.6 cm³/mol. The average molecular weight is 285 g/mol. The summed E-state index contributed by atoms with van der Waals surface area (Å²) in [5.41, 5.74) is 1.14. The molecular formula is C17H19NO3. The molecule has 3 unspecified atom stereocenters. The summed E-state index contributed by atoms with van der Waals surface area (Å²) in [5, 5.41) is 0. The lowest BCUT2D eigenvalue weighted by Gasteiger charge is -2.34. The van der Waals surface area contributed by atoms with Crippen LogP contribution in [0.25, 0.3) is 5.57 Å². The minimum atomic E-state index is -0.386. The summed E-state index contributed by atoms with van der Waals surface area (Å²) >= 11 is 0. The van der Waals surface area contributed by atoms with Crippen LogP contribution in [0, 0.1) is 0 Å². The molecule has 0 spiro atoms. The van der Waals surface area contributed by atoms with E-state index in [0.29, 0.717) is 18.4 Å². The van der Waals surface area contributed by atoms with Gasteiger partial charge in [0.05, 0.1) is 11.6 Å². The van der Waals surface area contributed by atoms with Crippen molar-refractivity contribution in [1.29, 1.82) is 0 Å². The van der Waals surface area contributed by atoms with E-state index in [0.717, 1.165) is 12.0 Å². The first-order chi connectivity index (χ1) is 10.1. The van der Waals surface area contributed by atoms with Gasteiger partial charge in [-0.15, -0.1) is 0 Å². The number of benzene rings is 1. The number of hydrogen-bond donors (Lipinski definition) is 0. The number of ether oxygens (including phenoxy) is 1. The molecule has 4 heteroatoms. The Labute approximate surface area is 124 Å². The molecule has 3 atom stereocenters. The highest BCUT2D eigenvalue weighted by atomic mass is 16.5. The zero-order chi connectivity index (χ0) is 15.0. The number of carbonyl (C=O) groups is 2. The molecule has 2 aliphatic rings. The number of nitrogens with zero attached hydrogens (tertiary/aromatic N) is 1. The molecule has 21 heavy (non-hydrogen) atoms. The van der Waals surface area contributed by atoms with E-state index in [4.69, 9.17) is 4.74 Å². The van der Waals surface area contributed by atoms with Crippen molar-refractivity contribution < 1.29 is 14.3 Å².